The summed E-state index contributed by atoms with van der Waals surface area (Å²) in [7, 11) is -3.48. The maximum absolute atomic E-state index is 12.5. The average Bonchev–Trinajstić information content (AvgIpc) is 3.17. The third-order valence-corrected chi connectivity index (χ3v) is 7.42. The van der Waals surface area contributed by atoms with Gasteiger partial charge in [0, 0.05) is 18.0 Å². The van der Waals surface area contributed by atoms with Crippen LogP contribution < -0.4 is 5.32 Å². The first-order valence-corrected chi connectivity index (χ1v) is 10.6. The van der Waals surface area contributed by atoms with Crippen molar-refractivity contribution in [1.82, 2.24) is 9.62 Å². The molecule has 1 fully saturated rings. The molecule has 25 heavy (non-hydrogen) atoms. The van der Waals surface area contributed by atoms with Crippen LogP contribution in [-0.2, 0) is 26.0 Å². The van der Waals surface area contributed by atoms with Crippen LogP contribution in [0.25, 0.3) is 0 Å². The first-order valence-electron chi connectivity index (χ1n) is 8.31. The van der Waals surface area contributed by atoms with Crippen LogP contribution >= 0.6 is 11.3 Å². The summed E-state index contributed by atoms with van der Waals surface area (Å²) < 4.78 is 26.7. The van der Waals surface area contributed by atoms with Crippen molar-refractivity contribution in [3.63, 3.8) is 0 Å². The molecular formula is C16H24N2O5S2. The van der Waals surface area contributed by atoms with Gasteiger partial charge >= 0.3 is 5.97 Å². The van der Waals surface area contributed by atoms with Gasteiger partial charge in [0.05, 0.1) is 6.42 Å². The molecule has 0 unspecified atom stereocenters. The number of nitrogens with zero attached hydrogens (tertiary/aromatic N) is 1. The molecule has 1 aromatic rings. The van der Waals surface area contributed by atoms with Crippen LogP contribution in [0.5, 0.6) is 0 Å². The molecule has 0 aliphatic carbocycles. The largest absolute Gasteiger partial charge is 0.480 e. The molecule has 140 valence electrons. The number of aliphatic carboxylic acids is 1. The van der Waals surface area contributed by atoms with Gasteiger partial charge < -0.3 is 10.4 Å². The summed E-state index contributed by atoms with van der Waals surface area (Å²) in [4.78, 5) is 23.9. The van der Waals surface area contributed by atoms with Crippen molar-refractivity contribution in [3.8, 4) is 0 Å². The lowest BCUT2D eigenvalue weighted by Crippen LogP contribution is -2.42. The van der Waals surface area contributed by atoms with E-state index in [0.29, 0.717) is 24.4 Å². The Morgan fingerprint density at radius 2 is 1.92 bits per heavy atom. The smallest absolute Gasteiger partial charge is 0.326 e. The maximum atomic E-state index is 12.5. The molecule has 0 spiro atoms. The summed E-state index contributed by atoms with van der Waals surface area (Å²) in [5.41, 5.74) is 0. The Labute approximate surface area is 152 Å². The van der Waals surface area contributed by atoms with Gasteiger partial charge in [0.2, 0.25) is 5.91 Å². The van der Waals surface area contributed by atoms with Gasteiger partial charge in [-0.3, -0.25) is 4.79 Å². The zero-order valence-electron chi connectivity index (χ0n) is 14.4. The zero-order valence-corrected chi connectivity index (χ0v) is 16.0. The third-order valence-electron chi connectivity index (χ3n) is 3.97. The summed E-state index contributed by atoms with van der Waals surface area (Å²) in [6.07, 6.45) is 2.06. The first-order chi connectivity index (χ1) is 11.7. The second kappa shape index (κ2) is 8.29. The van der Waals surface area contributed by atoms with Crippen LogP contribution in [0.2, 0.25) is 0 Å². The topological polar surface area (TPSA) is 104 Å². The summed E-state index contributed by atoms with van der Waals surface area (Å²) in [5.74, 6) is -1.34. The predicted molar refractivity (Wildman–Crippen MR) is 95.0 cm³/mol. The Morgan fingerprint density at radius 1 is 1.28 bits per heavy atom. The van der Waals surface area contributed by atoms with Gasteiger partial charge in [0.15, 0.2) is 0 Å². The Hall–Kier alpha value is -1.45. The van der Waals surface area contributed by atoms with Crippen LogP contribution in [0, 0.1) is 5.92 Å². The third kappa shape index (κ3) is 5.26. The molecule has 1 atom stereocenters. The summed E-state index contributed by atoms with van der Waals surface area (Å²) in [6, 6.07) is 2.20. The van der Waals surface area contributed by atoms with Gasteiger partial charge in [-0.2, -0.15) is 4.31 Å². The number of hydrogen-bond donors (Lipinski definition) is 2. The highest BCUT2D eigenvalue weighted by atomic mass is 32.2. The van der Waals surface area contributed by atoms with Crippen molar-refractivity contribution in [2.24, 2.45) is 5.92 Å². The second-order valence-corrected chi connectivity index (χ2v) is 9.93. The monoisotopic (exact) mass is 388 g/mol. The van der Waals surface area contributed by atoms with E-state index < -0.39 is 27.9 Å². The minimum Gasteiger partial charge on any atom is -0.480 e. The van der Waals surface area contributed by atoms with Gasteiger partial charge in [0.1, 0.15) is 10.3 Å². The Kier molecular flexibility index (Phi) is 6.59. The van der Waals surface area contributed by atoms with Crippen LogP contribution in [0.4, 0.5) is 0 Å². The molecule has 1 aromatic heterocycles. The molecule has 1 saturated heterocycles. The molecule has 0 saturated carbocycles. The van der Waals surface area contributed by atoms with Gasteiger partial charge in [-0.25, -0.2) is 13.2 Å². The average molecular weight is 389 g/mol. The lowest BCUT2D eigenvalue weighted by molar-refractivity contribution is -0.142. The highest BCUT2D eigenvalue weighted by molar-refractivity contribution is 7.91. The summed E-state index contributed by atoms with van der Waals surface area (Å²) >= 11 is 1.07. The van der Waals surface area contributed by atoms with Crippen molar-refractivity contribution in [3.05, 3.63) is 17.0 Å². The Balaban J connectivity index is 2.00. The number of thiophene rings is 1. The van der Waals surface area contributed by atoms with Crippen molar-refractivity contribution >= 4 is 33.2 Å². The quantitative estimate of drug-likeness (QED) is 0.705. The number of carbonyl (C=O) groups is 2. The highest BCUT2D eigenvalue weighted by Gasteiger charge is 2.29. The van der Waals surface area contributed by atoms with Crippen molar-refractivity contribution in [1.29, 1.82) is 0 Å². The lowest BCUT2D eigenvalue weighted by atomic mass is 10.0. The van der Waals surface area contributed by atoms with Crippen molar-refractivity contribution in [2.75, 3.05) is 13.1 Å². The number of sulfonamides is 1. The van der Waals surface area contributed by atoms with Crippen LogP contribution in [0.3, 0.4) is 0 Å². The molecule has 1 amide bonds. The summed E-state index contributed by atoms with van der Waals surface area (Å²) in [5, 5.41) is 11.7. The maximum Gasteiger partial charge on any atom is 0.326 e. The van der Waals surface area contributed by atoms with Crippen molar-refractivity contribution in [2.45, 2.75) is 49.8 Å². The Bertz CT molecular complexity index is 721. The normalized spacial score (nSPS) is 16.9. The SMILES string of the molecule is CC(C)C[C@@H](NC(=O)Cc1ccc(S(=O)(=O)N2CCCC2)s1)C(=O)O. The molecule has 0 aromatic carbocycles. The van der Waals surface area contributed by atoms with Crippen molar-refractivity contribution < 1.29 is 23.1 Å². The van der Waals surface area contributed by atoms with Crippen LogP contribution in [0.1, 0.15) is 38.0 Å². The molecule has 1 aliphatic rings. The number of carboxylic acid groups (broad SMARTS) is 1. The van der Waals surface area contributed by atoms with E-state index in [1.807, 2.05) is 13.8 Å². The van der Waals surface area contributed by atoms with E-state index in [0.717, 1.165) is 24.2 Å². The van der Waals surface area contributed by atoms with E-state index in [2.05, 4.69) is 5.32 Å². The fourth-order valence-corrected chi connectivity index (χ4v) is 5.77. The molecule has 0 radical (unpaired) electrons. The Morgan fingerprint density at radius 3 is 2.48 bits per heavy atom. The molecule has 1 aliphatic heterocycles. The van der Waals surface area contributed by atoms with Gasteiger partial charge in [-0.15, -0.1) is 11.3 Å². The van der Waals surface area contributed by atoms with E-state index in [4.69, 9.17) is 0 Å². The fraction of sp³-hybridized carbons (Fsp3) is 0.625. The molecule has 2 rings (SSSR count). The molecule has 0 bridgehead atoms. The lowest BCUT2D eigenvalue weighted by Gasteiger charge is -2.16. The zero-order chi connectivity index (χ0) is 18.6. The number of amides is 1. The number of nitrogens with one attached hydrogen (secondary N) is 1. The fourth-order valence-electron chi connectivity index (χ4n) is 2.74. The molecule has 2 heterocycles. The standard InChI is InChI=1S/C16H24N2O5S2/c1-11(2)9-13(16(20)21)17-14(19)10-12-5-6-15(24-12)25(22,23)18-7-3-4-8-18/h5-6,11,13H,3-4,7-10H2,1-2H3,(H,17,19)(H,20,21)/t13-/m1/s1. The number of rotatable bonds is 8. The molecule has 7 nitrogen and oxygen atoms in total. The number of hydrogen-bond acceptors (Lipinski definition) is 5. The van der Waals surface area contributed by atoms with Crippen LogP contribution in [0.15, 0.2) is 16.3 Å². The first kappa shape index (κ1) is 19.9. The van der Waals surface area contributed by atoms with E-state index in [1.165, 1.54) is 10.4 Å². The van der Waals surface area contributed by atoms with E-state index in [-0.39, 0.29) is 16.5 Å². The van der Waals surface area contributed by atoms with Gasteiger partial charge in [-0.05, 0) is 37.3 Å². The number of carbonyl (C=O) groups excluding carboxylic acids is 1. The van der Waals surface area contributed by atoms with Gasteiger partial charge in [-0.1, -0.05) is 13.8 Å². The van der Waals surface area contributed by atoms with Gasteiger partial charge in [0.25, 0.3) is 10.0 Å². The van der Waals surface area contributed by atoms with Crippen LogP contribution in [-0.4, -0.2) is 48.8 Å². The minimum atomic E-state index is -3.48. The van der Waals surface area contributed by atoms with E-state index in [9.17, 15) is 23.1 Å². The van der Waals surface area contributed by atoms with E-state index >= 15 is 0 Å². The van der Waals surface area contributed by atoms with E-state index in [1.54, 1.807) is 6.07 Å². The summed E-state index contributed by atoms with van der Waals surface area (Å²) in [6.45, 7) is 4.84. The molecule has 2 N–H and O–H groups in total. The predicted octanol–water partition coefficient (Wildman–Crippen LogP) is 1.69. The minimum absolute atomic E-state index is 0.0257. The molecular weight excluding hydrogens is 364 g/mol. The number of carboxylic acids is 1. The molecule has 9 heteroatoms. The highest BCUT2D eigenvalue weighted by Crippen LogP contribution is 2.27. The second-order valence-electron chi connectivity index (χ2n) is 6.60.